The van der Waals surface area contributed by atoms with E-state index in [9.17, 15) is 31.2 Å². The molecule has 1 aromatic heterocycles. The Morgan fingerprint density at radius 2 is 1.78 bits per heavy atom. The summed E-state index contributed by atoms with van der Waals surface area (Å²) < 4.78 is 73.8. The largest absolute Gasteiger partial charge is 0.490 e. The number of carbonyl (C=O) groups is 1. The first-order valence-corrected chi connectivity index (χ1v) is 13.4. The molecule has 36 heavy (non-hydrogen) atoms. The molecule has 1 aromatic carbocycles. The van der Waals surface area contributed by atoms with Crippen LogP contribution in [0.5, 0.6) is 5.75 Å². The number of fused-ring (bicyclic) bond motifs is 2. The second kappa shape index (κ2) is 9.45. The number of amides is 1. The molecule has 196 valence electrons. The predicted molar refractivity (Wildman–Crippen MR) is 124 cm³/mol. The molecule has 0 aliphatic carbocycles. The molecule has 1 unspecified atom stereocenters. The molecule has 1 amide bonds. The van der Waals surface area contributed by atoms with Crippen LogP contribution in [0, 0.1) is 5.92 Å². The van der Waals surface area contributed by atoms with Crippen LogP contribution in [-0.4, -0.2) is 60.7 Å². The number of hydrogen-bond acceptors (Lipinski definition) is 6. The summed E-state index contributed by atoms with van der Waals surface area (Å²) in [6.07, 6.45) is -4.04. The highest BCUT2D eigenvalue weighted by Crippen LogP contribution is 2.41. The lowest BCUT2D eigenvalue weighted by Gasteiger charge is -2.39. The maximum absolute atomic E-state index is 12.8. The quantitative estimate of drug-likeness (QED) is 0.584. The molecular weight excluding hydrogens is 501 g/mol. The molecule has 0 radical (unpaired) electrons. The first kappa shape index (κ1) is 26.1. The van der Waals surface area contributed by atoms with E-state index < -0.39 is 28.2 Å². The highest BCUT2D eigenvalue weighted by atomic mass is 32.2. The minimum Gasteiger partial charge on any atom is -0.490 e. The number of carbonyl (C=O) groups excluding carboxylic acids is 1. The van der Waals surface area contributed by atoms with Gasteiger partial charge in [0.25, 0.3) is 5.56 Å². The molecule has 2 aliphatic rings. The van der Waals surface area contributed by atoms with Crippen LogP contribution in [0.4, 0.5) is 18.0 Å². The average molecular weight is 529 g/mol. The van der Waals surface area contributed by atoms with Crippen molar-refractivity contribution >= 4 is 15.9 Å². The van der Waals surface area contributed by atoms with Gasteiger partial charge in [-0.3, -0.25) is 9.36 Å². The van der Waals surface area contributed by atoms with Gasteiger partial charge in [0.05, 0.1) is 4.90 Å². The van der Waals surface area contributed by atoms with Crippen molar-refractivity contribution in [2.75, 3.05) is 6.26 Å². The average Bonchev–Trinajstić information content (AvgIpc) is 2.98. The van der Waals surface area contributed by atoms with Crippen LogP contribution >= 0.6 is 0 Å². The van der Waals surface area contributed by atoms with Crippen molar-refractivity contribution in [3.8, 4) is 11.4 Å². The maximum atomic E-state index is 12.8. The molecule has 2 fully saturated rings. The fourth-order valence-electron chi connectivity index (χ4n) is 4.92. The molecule has 2 aromatic rings. The molecule has 2 saturated heterocycles. The lowest BCUT2D eigenvalue weighted by molar-refractivity contribution is -0.200. The van der Waals surface area contributed by atoms with Gasteiger partial charge in [-0.2, -0.15) is 13.2 Å². The molecule has 0 spiro atoms. The molecule has 8 nitrogen and oxygen atoms in total. The number of piperidine rings is 1. The third-order valence-electron chi connectivity index (χ3n) is 6.78. The highest BCUT2D eigenvalue weighted by Gasteiger charge is 2.50. The van der Waals surface area contributed by atoms with Crippen LogP contribution in [0.3, 0.4) is 0 Å². The molecule has 2 aliphatic heterocycles. The minimum absolute atomic E-state index is 0.0697. The molecule has 4 rings (SSSR count). The number of pyridine rings is 1. The van der Waals surface area contributed by atoms with E-state index >= 15 is 0 Å². The molecule has 0 saturated carbocycles. The molecule has 3 heterocycles. The Hall–Kier alpha value is -3.02. The zero-order valence-electron chi connectivity index (χ0n) is 19.9. The Morgan fingerprint density at radius 3 is 2.33 bits per heavy atom. The van der Waals surface area contributed by atoms with Crippen molar-refractivity contribution < 1.29 is 35.9 Å². The van der Waals surface area contributed by atoms with Gasteiger partial charge >= 0.3 is 12.3 Å². The Labute approximate surface area is 206 Å². The topological polar surface area (TPSA) is 94.9 Å². The van der Waals surface area contributed by atoms with E-state index in [1.165, 1.54) is 46.0 Å². The van der Waals surface area contributed by atoms with Crippen molar-refractivity contribution in [2.24, 2.45) is 5.92 Å². The van der Waals surface area contributed by atoms with Crippen molar-refractivity contribution in [3.63, 3.8) is 0 Å². The zero-order valence-corrected chi connectivity index (χ0v) is 20.8. The molecule has 0 N–H and O–H groups in total. The number of nitrogens with zero attached hydrogens (tertiary/aromatic N) is 2. The van der Waals surface area contributed by atoms with E-state index in [4.69, 9.17) is 4.74 Å². The molecule has 12 heteroatoms. The molecular formula is C24H27F3N2O6S. The zero-order chi connectivity index (χ0) is 26.4. The van der Waals surface area contributed by atoms with Crippen LogP contribution in [0.2, 0.25) is 0 Å². The molecule has 5 atom stereocenters. The van der Waals surface area contributed by atoms with Gasteiger partial charge in [0.2, 0.25) is 0 Å². The first-order valence-electron chi connectivity index (χ1n) is 11.5. The number of rotatable bonds is 5. The number of benzene rings is 1. The SMILES string of the molecule is CC(OC(=O)N1[C@H]2C[C@H](Oc3ccn(-c4ccc(S(C)(=O)=O)cc4)c(=O)c3)C[C@H]1[C@H](C)C2)C(F)(F)F. The van der Waals surface area contributed by atoms with Gasteiger partial charge in [-0.25, -0.2) is 13.2 Å². The van der Waals surface area contributed by atoms with E-state index in [2.05, 4.69) is 4.74 Å². The van der Waals surface area contributed by atoms with E-state index in [-0.39, 0.29) is 34.6 Å². The van der Waals surface area contributed by atoms with Gasteiger partial charge in [-0.05, 0) is 49.6 Å². The summed E-state index contributed by atoms with van der Waals surface area (Å²) in [7, 11) is -3.35. The van der Waals surface area contributed by atoms with Gasteiger partial charge in [0, 0.05) is 49.1 Å². The summed E-state index contributed by atoms with van der Waals surface area (Å²) in [6, 6.07) is 8.21. The Bertz CT molecular complexity index is 1290. The standard InChI is InChI=1S/C24H27F3N2O6S/c1-14-10-17-11-19(12-21(14)29(17)23(31)34-15(2)24(25,26)27)35-18-8-9-28(22(30)13-18)16-4-6-20(7-5-16)36(3,32)33/h4-9,13-15,17,19,21H,10-12H2,1-3H3/t14-,15?,17-,19+,21+/m1/s1. The van der Waals surface area contributed by atoms with Crippen molar-refractivity contribution in [1.29, 1.82) is 0 Å². The first-order chi connectivity index (χ1) is 16.7. The number of hydrogen-bond donors (Lipinski definition) is 0. The summed E-state index contributed by atoms with van der Waals surface area (Å²) in [5.74, 6) is 0.406. The third-order valence-corrected chi connectivity index (χ3v) is 7.91. The van der Waals surface area contributed by atoms with Crippen LogP contribution in [0.25, 0.3) is 5.69 Å². The van der Waals surface area contributed by atoms with Gasteiger partial charge in [-0.1, -0.05) is 6.92 Å². The van der Waals surface area contributed by atoms with E-state index in [1.54, 1.807) is 6.07 Å². The Morgan fingerprint density at radius 1 is 1.11 bits per heavy atom. The predicted octanol–water partition coefficient (Wildman–Crippen LogP) is 3.95. The summed E-state index contributed by atoms with van der Waals surface area (Å²) in [5, 5.41) is 0. The second-order valence-electron chi connectivity index (χ2n) is 9.46. The number of halogens is 3. The summed E-state index contributed by atoms with van der Waals surface area (Å²) in [4.78, 5) is 26.7. The number of alkyl halides is 3. The fraction of sp³-hybridized carbons (Fsp3) is 0.500. The van der Waals surface area contributed by atoms with Gasteiger partial charge in [0.15, 0.2) is 15.9 Å². The number of ether oxygens (including phenoxy) is 2. The van der Waals surface area contributed by atoms with Crippen LogP contribution in [-0.2, 0) is 14.6 Å². The second-order valence-corrected chi connectivity index (χ2v) is 11.5. The van der Waals surface area contributed by atoms with Crippen molar-refractivity contribution in [2.45, 2.75) is 68.5 Å². The van der Waals surface area contributed by atoms with E-state index in [0.29, 0.717) is 30.7 Å². The Balaban J connectivity index is 1.44. The monoisotopic (exact) mass is 528 g/mol. The smallest absolute Gasteiger partial charge is 0.425 e. The van der Waals surface area contributed by atoms with Crippen LogP contribution in [0.15, 0.2) is 52.3 Å². The van der Waals surface area contributed by atoms with E-state index in [0.717, 1.165) is 13.2 Å². The fourth-order valence-corrected chi connectivity index (χ4v) is 5.55. The van der Waals surface area contributed by atoms with Gasteiger partial charge in [0.1, 0.15) is 11.9 Å². The lowest BCUT2D eigenvalue weighted by Crippen LogP contribution is -2.51. The Kier molecular flexibility index (Phi) is 6.84. The number of sulfone groups is 1. The summed E-state index contributed by atoms with van der Waals surface area (Å²) in [6.45, 7) is 2.75. The van der Waals surface area contributed by atoms with Crippen molar-refractivity contribution in [1.82, 2.24) is 9.47 Å². The van der Waals surface area contributed by atoms with Crippen LogP contribution in [0.1, 0.15) is 33.1 Å². The van der Waals surface area contributed by atoms with Crippen LogP contribution < -0.4 is 10.3 Å². The summed E-state index contributed by atoms with van der Waals surface area (Å²) >= 11 is 0. The van der Waals surface area contributed by atoms with Gasteiger partial charge < -0.3 is 14.4 Å². The summed E-state index contributed by atoms with van der Waals surface area (Å²) in [5.41, 5.74) is 0.115. The molecule has 2 bridgehead atoms. The minimum atomic E-state index is -4.63. The third kappa shape index (κ3) is 5.37. The van der Waals surface area contributed by atoms with Crippen molar-refractivity contribution in [3.05, 3.63) is 52.9 Å². The van der Waals surface area contributed by atoms with Gasteiger partial charge in [-0.15, -0.1) is 0 Å². The maximum Gasteiger partial charge on any atom is 0.425 e. The van der Waals surface area contributed by atoms with E-state index in [1.807, 2.05) is 6.92 Å². The normalized spacial score (nSPS) is 24.9. The highest BCUT2D eigenvalue weighted by molar-refractivity contribution is 7.90. The lowest BCUT2D eigenvalue weighted by atomic mass is 9.97. The number of aromatic nitrogens is 1.